The molecule has 0 unspecified atom stereocenters. The summed E-state index contributed by atoms with van der Waals surface area (Å²) in [6.07, 6.45) is -4.75. The van der Waals surface area contributed by atoms with Crippen LogP contribution in [0.2, 0.25) is 0 Å². The minimum atomic E-state index is -4.97. The van der Waals surface area contributed by atoms with E-state index in [4.69, 9.17) is 0 Å². The number of nitro groups is 1. The molecule has 0 atom stereocenters. The summed E-state index contributed by atoms with van der Waals surface area (Å²) in [5.41, 5.74) is -2.92. The number of alkyl halides is 3. The van der Waals surface area contributed by atoms with Crippen molar-refractivity contribution in [2.75, 3.05) is 18.4 Å². The molecule has 1 heterocycles. The number of carbonyl (C=O) groups is 3. The third-order valence-electron chi connectivity index (χ3n) is 3.53. The molecule has 0 spiro atoms. The zero-order valence-corrected chi connectivity index (χ0v) is 13.1. The number of nitro benzene ring substituents is 1. The molecule has 1 aromatic rings. The Hall–Kier alpha value is -3.18. The first-order chi connectivity index (χ1) is 12.1. The van der Waals surface area contributed by atoms with Crippen LogP contribution in [0.5, 0.6) is 0 Å². The van der Waals surface area contributed by atoms with E-state index >= 15 is 0 Å². The maximum absolute atomic E-state index is 12.9. The van der Waals surface area contributed by atoms with Crippen molar-refractivity contribution in [3.63, 3.8) is 0 Å². The molecule has 0 bridgehead atoms. The van der Waals surface area contributed by atoms with Gasteiger partial charge in [0.2, 0.25) is 11.8 Å². The van der Waals surface area contributed by atoms with E-state index in [1.807, 2.05) is 0 Å². The van der Waals surface area contributed by atoms with E-state index in [2.05, 4.69) is 10.6 Å². The van der Waals surface area contributed by atoms with Crippen LogP contribution in [0.4, 0.5) is 29.3 Å². The Bertz CT molecular complexity index is 749. The molecule has 0 aliphatic carbocycles. The highest BCUT2D eigenvalue weighted by molar-refractivity contribution is 6.02. The first-order valence-corrected chi connectivity index (χ1v) is 7.33. The number of nitrogens with one attached hydrogen (secondary N) is 2. The molecule has 2 N–H and O–H groups in total. The molecule has 0 saturated carbocycles. The van der Waals surface area contributed by atoms with Crippen molar-refractivity contribution in [1.29, 1.82) is 0 Å². The SMILES string of the molecule is O=C(NCCN1C(=O)CCC1=O)Nc1ccc([N+](=O)[O-])c(C(F)(F)F)c1. The smallest absolute Gasteiger partial charge is 0.336 e. The number of nitrogens with zero attached hydrogens (tertiary/aromatic N) is 2. The number of hydrogen-bond donors (Lipinski definition) is 2. The van der Waals surface area contributed by atoms with Gasteiger partial charge in [-0.1, -0.05) is 0 Å². The van der Waals surface area contributed by atoms with Gasteiger partial charge < -0.3 is 10.6 Å². The van der Waals surface area contributed by atoms with Crippen LogP contribution in [0, 0.1) is 10.1 Å². The molecule has 1 aliphatic rings. The summed E-state index contributed by atoms with van der Waals surface area (Å²) in [6.45, 7) is -0.151. The molecule has 1 aliphatic heterocycles. The second kappa shape index (κ2) is 7.37. The van der Waals surface area contributed by atoms with Crippen molar-refractivity contribution in [3.05, 3.63) is 33.9 Å². The van der Waals surface area contributed by atoms with Crippen molar-refractivity contribution >= 4 is 29.2 Å². The van der Waals surface area contributed by atoms with Crippen molar-refractivity contribution in [2.24, 2.45) is 0 Å². The lowest BCUT2D eigenvalue weighted by atomic mass is 10.1. The normalized spacial score (nSPS) is 14.5. The standard InChI is InChI=1S/C14H13F3N4O5/c15-14(16,17)9-7-8(1-2-10(9)21(25)26)19-13(24)18-5-6-20-11(22)3-4-12(20)23/h1-2,7H,3-6H2,(H2,18,19,24). The van der Waals surface area contributed by atoms with Gasteiger partial charge in [0.05, 0.1) is 4.92 Å². The van der Waals surface area contributed by atoms with Gasteiger partial charge in [0.15, 0.2) is 0 Å². The van der Waals surface area contributed by atoms with Crippen molar-refractivity contribution in [1.82, 2.24) is 10.2 Å². The number of amides is 4. The average Bonchev–Trinajstić information content (AvgIpc) is 2.85. The monoisotopic (exact) mass is 374 g/mol. The number of hydrogen-bond acceptors (Lipinski definition) is 5. The van der Waals surface area contributed by atoms with E-state index < -0.39 is 28.4 Å². The van der Waals surface area contributed by atoms with Crippen molar-refractivity contribution in [3.8, 4) is 0 Å². The van der Waals surface area contributed by atoms with E-state index in [1.165, 1.54) is 0 Å². The maximum Gasteiger partial charge on any atom is 0.423 e. The molecule has 4 amide bonds. The zero-order valence-electron chi connectivity index (χ0n) is 13.1. The van der Waals surface area contributed by atoms with Crippen LogP contribution in [-0.2, 0) is 15.8 Å². The largest absolute Gasteiger partial charge is 0.423 e. The third-order valence-corrected chi connectivity index (χ3v) is 3.53. The topological polar surface area (TPSA) is 122 Å². The van der Waals surface area contributed by atoms with Crippen molar-refractivity contribution < 1.29 is 32.5 Å². The number of rotatable bonds is 5. The highest BCUT2D eigenvalue weighted by Crippen LogP contribution is 2.37. The fourth-order valence-electron chi connectivity index (χ4n) is 2.33. The summed E-state index contributed by atoms with van der Waals surface area (Å²) in [5.74, 6) is -0.718. The quantitative estimate of drug-likeness (QED) is 0.463. The van der Waals surface area contributed by atoms with E-state index in [9.17, 15) is 37.7 Å². The second-order valence-electron chi connectivity index (χ2n) is 5.31. The molecule has 0 aromatic heterocycles. The fourth-order valence-corrected chi connectivity index (χ4v) is 2.33. The van der Waals surface area contributed by atoms with Gasteiger partial charge in [-0.25, -0.2) is 4.79 Å². The molecule has 9 nitrogen and oxygen atoms in total. The summed E-state index contributed by atoms with van der Waals surface area (Å²) in [6, 6.07) is 1.16. The van der Waals surface area contributed by atoms with Gasteiger partial charge in [0, 0.05) is 37.7 Å². The van der Waals surface area contributed by atoms with Crippen LogP contribution in [-0.4, -0.2) is 40.8 Å². The summed E-state index contributed by atoms with van der Waals surface area (Å²) in [4.78, 5) is 45.0. The summed E-state index contributed by atoms with van der Waals surface area (Å²) in [5, 5.41) is 15.1. The summed E-state index contributed by atoms with van der Waals surface area (Å²) < 4.78 is 38.6. The maximum atomic E-state index is 12.9. The van der Waals surface area contributed by atoms with Crippen LogP contribution in [0.15, 0.2) is 18.2 Å². The van der Waals surface area contributed by atoms with Gasteiger partial charge in [-0.3, -0.25) is 24.6 Å². The number of anilines is 1. The number of likely N-dealkylation sites (tertiary alicyclic amines) is 1. The summed E-state index contributed by atoms with van der Waals surface area (Å²) in [7, 11) is 0. The molecule has 1 aromatic carbocycles. The van der Waals surface area contributed by atoms with Crippen LogP contribution in [0.3, 0.4) is 0 Å². The van der Waals surface area contributed by atoms with Gasteiger partial charge in [0.1, 0.15) is 5.56 Å². The number of carbonyl (C=O) groups excluding carboxylic acids is 3. The number of urea groups is 1. The van der Waals surface area contributed by atoms with Crippen LogP contribution in [0.1, 0.15) is 18.4 Å². The van der Waals surface area contributed by atoms with E-state index in [0.717, 1.165) is 11.0 Å². The highest BCUT2D eigenvalue weighted by Gasteiger charge is 2.38. The molecule has 26 heavy (non-hydrogen) atoms. The molecule has 2 rings (SSSR count). The first kappa shape index (κ1) is 19.1. The van der Waals surface area contributed by atoms with Crippen molar-refractivity contribution in [2.45, 2.75) is 19.0 Å². The van der Waals surface area contributed by atoms with Gasteiger partial charge in [0.25, 0.3) is 5.69 Å². The first-order valence-electron chi connectivity index (χ1n) is 7.33. The van der Waals surface area contributed by atoms with Gasteiger partial charge >= 0.3 is 12.2 Å². The second-order valence-corrected chi connectivity index (χ2v) is 5.31. The van der Waals surface area contributed by atoms with E-state index in [-0.39, 0.29) is 43.4 Å². The molecular weight excluding hydrogens is 361 g/mol. The Kier molecular flexibility index (Phi) is 5.43. The fraction of sp³-hybridized carbons (Fsp3) is 0.357. The van der Waals surface area contributed by atoms with Crippen LogP contribution < -0.4 is 10.6 Å². The minimum absolute atomic E-state index is 0.0564. The molecular formula is C14H13F3N4O5. The third kappa shape index (κ3) is 4.46. The number of benzene rings is 1. The number of halogens is 3. The van der Waals surface area contributed by atoms with E-state index in [0.29, 0.717) is 12.1 Å². The average molecular weight is 374 g/mol. The number of imide groups is 1. The van der Waals surface area contributed by atoms with Crippen LogP contribution >= 0.6 is 0 Å². The lowest BCUT2D eigenvalue weighted by molar-refractivity contribution is -0.388. The molecule has 1 fully saturated rings. The Morgan fingerprint density at radius 3 is 2.38 bits per heavy atom. The summed E-state index contributed by atoms with van der Waals surface area (Å²) >= 11 is 0. The predicted molar refractivity (Wildman–Crippen MR) is 81.1 cm³/mol. The zero-order chi connectivity index (χ0) is 19.5. The van der Waals surface area contributed by atoms with Crippen LogP contribution in [0.25, 0.3) is 0 Å². The van der Waals surface area contributed by atoms with Gasteiger partial charge in [-0.05, 0) is 12.1 Å². The molecule has 12 heteroatoms. The van der Waals surface area contributed by atoms with E-state index in [1.54, 1.807) is 0 Å². The molecule has 140 valence electrons. The molecule has 0 radical (unpaired) electrons. The Balaban J connectivity index is 1.97. The Morgan fingerprint density at radius 2 is 1.85 bits per heavy atom. The molecule has 1 saturated heterocycles. The Morgan fingerprint density at radius 1 is 1.23 bits per heavy atom. The predicted octanol–water partition coefficient (Wildman–Crippen LogP) is 1.88. The highest BCUT2D eigenvalue weighted by atomic mass is 19.4. The van der Waals surface area contributed by atoms with Gasteiger partial charge in [-0.15, -0.1) is 0 Å². The lowest BCUT2D eigenvalue weighted by Crippen LogP contribution is -2.39. The minimum Gasteiger partial charge on any atom is -0.336 e. The lowest BCUT2D eigenvalue weighted by Gasteiger charge is -2.15. The van der Waals surface area contributed by atoms with Gasteiger partial charge in [-0.2, -0.15) is 13.2 Å². The Labute approximate surface area is 144 Å².